The molecule has 0 amide bonds. The molecule has 0 atom stereocenters. The molecule has 0 radical (unpaired) electrons. The molecule has 1 heterocycles. The molecule has 0 bridgehead atoms. The van der Waals surface area contributed by atoms with Gasteiger partial charge in [0.25, 0.3) is 0 Å². The van der Waals surface area contributed by atoms with Crippen molar-refractivity contribution in [3.8, 4) is 5.88 Å². The Morgan fingerprint density at radius 3 is 2.62 bits per heavy atom. The van der Waals surface area contributed by atoms with E-state index in [1.807, 2.05) is 0 Å². The van der Waals surface area contributed by atoms with Crippen LogP contribution in [-0.2, 0) is 0 Å². The van der Waals surface area contributed by atoms with Crippen LogP contribution in [-0.4, -0.2) is 11.1 Å². The average Bonchev–Trinajstić information content (AvgIpc) is 2.21. The van der Waals surface area contributed by atoms with Crippen LogP contribution in [0, 0.1) is 11.4 Å². The Hall–Kier alpha value is -1.12. The van der Waals surface area contributed by atoms with Gasteiger partial charge in [0.1, 0.15) is 6.10 Å². The first kappa shape index (κ1) is 11.4. The highest BCUT2D eigenvalue weighted by Crippen LogP contribution is 2.36. The van der Waals surface area contributed by atoms with Gasteiger partial charge in [-0.15, -0.1) is 0 Å². The zero-order valence-electron chi connectivity index (χ0n) is 9.87. The fraction of sp³-hybridized carbons (Fsp3) is 0.615. The Morgan fingerprint density at radius 1 is 1.31 bits per heavy atom. The first-order chi connectivity index (χ1) is 7.55. The zero-order chi connectivity index (χ0) is 11.6. The molecular weight excluding hydrogens is 205 g/mol. The summed E-state index contributed by atoms with van der Waals surface area (Å²) in [5.41, 5.74) is 0.426. The molecule has 0 N–H and O–H groups in total. The summed E-state index contributed by atoms with van der Waals surface area (Å²) in [6, 6.07) is 4.67. The van der Waals surface area contributed by atoms with Crippen LogP contribution >= 0.6 is 0 Å². The van der Waals surface area contributed by atoms with Gasteiger partial charge in [0, 0.05) is 6.07 Å². The van der Waals surface area contributed by atoms with Crippen LogP contribution in [0.1, 0.15) is 39.5 Å². The maximum Gasteiger partial charge on any atom is 0.216 e. The second kappa shape index (κ2) is 4.40. The van der Waals surface area contributed by atoms with Crippen molar-refractivity contribution >= 4 is 0 Å². The SMILES string of the molecule is CC1(C)CCC(Oc2cccc(F)n2)CC1. The molecule has 1 aromatic rings. The third kappa shape index (κ3) is 2.94. The van der Waals surface area contributed by atoms with Crippen molar-refractivity contribution in [3.63, 3.8) is 0 Å². The predicted molar refractivity (Wildman–Crippen MR) is 60.9 cm³/mol. The lowest BCUT2D eigenvalue weighted by Crippen LogP contribution is -2.28. The van der Waals surface area contributed by atoms with E-state index >= 15 is 0 Å². The van der Waals surface area contributed by atoms with E-state index < -0.39 is 5.95 Å². The number of hydrogen-bond donors (Lipinski definition) is 0. The predicted octanol–water partition coefficient (Wildman–Crippen LogP) is 3.57. The highest BCUT2D eigenvalue weighted by molar-refractivity contribution is 5.10. The van der Waals surface area contributed by atoms with Crippen LogP contribution in [0.5, 0.6) is 5.88 Å². The van der Waals surface area contributed by atoms with Gasteiger partial charge in [-0.25, -0.2) is 0 Å². The summed E-state index contributed by atoms with van der Waals surface area (Å²) in [5, 5.41) is 0. The summed E-state index contributed by atoms with van der Waals surface area (Å²) in [6.45, 7) is 4.56. The van der Waals surface area contributed by atoms with E-state index in [-0.39, 0.29) is 6.10 Å². The van der Waals surface area contributed by atoms with E-state index in [1.54, 1.807) is 12.1 Å². The Kier molecular flexibility index (Phi) is 3.13. The molecule has 1 fully saturated rings. The summed E-state index contributed by atoms with van der Waals surface area (Å²) >= 11 is 0. The summed E-state index contributed by atoms with van der Waals surface area (Å²) in [6.07, 6.45) is 4.58. The van der Waals surface area contributed by atoms with Crippen LogP contribution in [0.4, 0.5) is 4.39 Å². The van der Waals surface area contributed by atoms with Crippen LogP contribution in [0.15, 0.2) is 18.2 Å². The molecule has 3 heteroatoms. The van der Waals surface area contributed by atoms with Gasteiger partial charge >= 0.3 is 0 Å². The van der Waals surface area contributed by atoms with Gasteiger partial charge in [-0.1, -0.05) is 19.9 Å². The molecule has 2 rings (SSSR count). The van der Waals surface area contributed by atoms with Crippen molar-refractivity contribution in [1.29, 1.82) is 0 Å². The molecule has 0 saturated heterocycles. The first-order valence-corrected chi connectivity index (χ1v) is 5.84. The Balaban J connectivity index is 1.92. The van der Waals surface area contributed by atoms with E-state index in [0.29, 0.717) is 11.3 Å². The lowest BCUT2D eigenvalue weighted by atomic mass is 9.76. The zero-order valence-corrected chi connectivity index (χ0v) is 9.87. The summed E-state index contributed by atoms with van der Waals surface area (Å²) in [5.74, 6) is -0.0710. The van der Waals surface area contributed by atoms with E-state index in [4.69, 9.17) is 4.74 Å². The van der Waals surface area contributed by atoms with Gasteiger partial charge in [0.2, 0.25) is 11.8 Å². The Bertz CT molecular complexity index is 355. The van der Waals surface area contributed by atoms with Crippen LogP contribution in [0.3, 0.4) is 0 Å². The number of aromatic nitrogens is 1. The van der Waals surface area contributed by atoms with Gasteiger partial charge in [-0.2, -0.15) is 9.37 Å². The van der Waals surface area contributed by atoms with E-state index in [9.17, 15) is 4.39 Å². The molecule has 0 aromatic carbocycles. The summed E-state index contributed by atoms with van der Waals surface area (Å²) in [7, 11) is 0. The Morgan fingerprint density at radius 2 is 2.00 bits per heavy atom. The summed E-state index contributed by atoms with van der Waals surface area (Å²) in [4.78, 5) is 3.71. The Labute approximate surface area is 95.8 Å². The van der Waals surface area contributed by atoms with E-state index in [0.717, 1.165) is 25.7 Å². The molecule has 0 spiro atoms. The molecule has 16 heavy (non-hydrogen) atoms. The van der Waals surface area contributed by atoms with Crippen molar-refractivity contribution in [3.05, 3.63) is 24.1 Å². The van der Waals surface area contributed by atoms with Crippen molar-refractivity contribution in [2.75, 3.05) is 0 Å². The smallest absolute Gasteiger partial charge is 0.216 e. The normalized spacial score (nSPS) is 20.7. The molecule has 0 unspecified atom stereocenters. The lowest BCUT2D eigenvalue weighted by molar-refractivity contribution is 0.0941. The number of rotatable bonds is 2. The number of ether oxygens (including phenoxy) is 1. The molecule has 88 valence electrons. The minimum Gasteiger partial charge on any atom is -0.474 e. The molecule has 2 nitrogen and oxygen atoms in total. The fourth-order valence-corrected chi connectivity index (χ4v) is 2.12. The molecule has 1 aromatic heterocycles. The maximum atomic E-state index is 12.9. The summed E-state index contributed by atoms with van der Waals surface area (Å²) < 4.78 is 18.5. The fourth-order valence-electron chi connectivity index (χ4n) is 2.12. The number of halogens is 1. The molecule has 1 saturated carbocycles. The topological polar surface area (TPSA) is 22.1 Å². The molecule has 1 aliphatic carbocycles. The van der Waals surface area contributed by atoms with Crippen LogP contribution < -0.4 is 4.74 Å². The number of nitrogens with zero attached hydrogens (tertiary/aromatic N) is 1. The number of hydrogen-bond acceptors (Lipinski definition) is 2. The highest BCUT2D eigenvalue weighted by atomic mass is 19.1. The third-order valence-electron chi connectivity index (χ3n) is 3.26. The maximum absolute atomic E-state index is 12.9. The van der Waals surface area contributed by atoms with Crippen molar-refractivity contribution in [1.82, 2.24) is 4.98 Å². The monoisotopic (exact) mass is 223 g/mol. The van der Waals surface area contributed by atoms with E-state index in [2.05, 4.69) is 18.8 Å². The first-order valence-electron chi connectivity index (χ1n) is 5.84. The number of pyridine rings is 1. The van der Waals surface area contributed by atoms with Crippen LogP contribution in [0.25, 0.3) is 0 Å². The highest BCUT2D eigenvalue weighted by Gasteiger charge is 2.27. The standard InChI is InChI=1S/C13H18FNO/c1-13(2)8-6-10(7-9-13)16-12-5-3-4-11(14)15-12/h3-5,10H,6-9H2,1-2H3. The second-order valence-corrected chi connectivity index (χ2v) is 5.28. The second-order valence-electron chi connectivity index (χ2n) is 5.28. The van der Waals surface area contributed by atoms with Gasteiger partial charge in [-0.3, -0.25) is 0 Å². The van der Waals surface area contributed by atoms with Gasteiger partial charge in [0.05, 0.1) is 0 Å². The molecule has 1 aliphatic rings. The van der Waals surface area contributed by atoms with Gasteiger partial charge in [-0.05, 0) is 37.2 Å². The van der Waals surface area contributed by atoms with E-state index in [1.165, 1.54) is 6.07 Å². The third-order valence-corrected chi connectivity index (χ3v) is 3.26. The lowest BCUT2D eigenvalue weighted by Gasteiger charge is -2.34. The van der Waals surface area contributed by atoms with Crippen LogP contribution in [0.2, 0.25) is 0 Å². The van der Waals surface area contributed by atoms with Gasteiger partial charge < -0.3 is 4.74 Å². The largest absolute Gasteiger partial charge is 0.474 e. The van der Waals surface area contributed by atoms with Crippen molar-refractivity contribution in [2.24, 2.45) is 5.41 Å². The van der Waals surface area contributed by atoms with Crippen molar-refractivity contribution in [2.45, 2.75) is 45.6 Å². The minimum atomic E-state index is -0.478. The average molecular weight is 223 g/mol. The van der Waals surface area contributed by atoms with Gasteiger partial charge in [0.15, 0.2) is 0 Å². The van der Waals surface area contributed by atoms with Crippen molar-refractivity contribution < 1.29 is 9.13 Å². The molecular formula is C13H18FNO. The molecule has 0 aliphatic heterocycles. The quantitative estimate of drug-likeness (QED) is 0.715. The minimum absolute atomic E-state index is 0.197.